The van der Waals surface area contributed by atoms with E-state index in [2.05, 4.69) is 26.1 Å². The van der Waals surface area contributed by atoms with Gasteiger partial charge in [-0.2, -0.15) is 0 Å². The molecule has 2 rings (SSSR count). The highest BCUT2D eigenvalue weighted by Crippen LogP contribution is 2.41. The highest BCUT2D eigenvalue weighted by atomic mass is 32.1. The maximum absolute atomic E-state index is 6.09. The van der Waals surface area contributed by atoms with Crippen LogP contribution in [0.1, 0.15) is 68.1 Å². The van der Waals surface area contributed by atoms with Crippen molar-refractivity contribution in [1.29, 1.82) is 0 Å². The standard InChI is InChI=1S/C15H26N2OS/c1-5-15(6-2,18-7-3)14-17-13-11(16-4)9-8-10-12(13)19-14/h11,16H,5-10H2,1-4H3. The van der Waals surface area contributed by atoms with Gasteiger partial charge in [-0.25, -0.2) is 4.98 Å². The number of aromatic nitrogens is 1. The summed E-state index contributed by atoms with van der Waals surface area (Å²) in [6.45, 7) is 7.23. The van der Waals surface area contributed by atoms with Gasteiger partial charge in [0.05, 0.1) is 11.7 Å². The van der Waals surface area contributed by atoms with Gasteiger partial charge in [-0.3, -0.25) is 0 Å². The molecule has 0 radical (unpaired) electrons. The van der Waals surface area contributed by atoms with Crippen molar-refractivity contribution in [2.75, 3.05) is 13.7 Å². The van der Waals surface area contributed by atoms with Gasteiger partial charge in [0, 0.05) is 11.5 Å². The molecule has 0 aliphatic heterocycles. The Morgan fingerprint density at radius 2 is 2.11 bits per heavy atom. The summed E-state index contributed by atoms with van der Waals surface area (Å²) in [6.07, 6.45) is 5.63. The molecule has 1 N–H and O–H groups in total. The van der Waals surface area contributed by atoms with Crippen molar-refractivity contribution >= 4 is 11.3 Å². The van der Waals surface area contributed by atoms with Gasteiger partial charge < -0.3 is 10.1 Å². The molecule has 1 aromatic rings. The van der Waals surface area contributed by atoms with Gasteiger partial charge in [0.2, 0.25) is 0 Å². The first kappa shape index (κ1) is 14.9. The number of rotatable bonds is 6. The zero-order chi connectivity index (χ0) is 13.9. The molecular weight excluding hydrogens is 256 g/mol. The van der Waals surface area contributed by atoms with Crippen LogP contribution in [0.3, 0.4) is 0 Å². The lowest BCUT2D eigenvalue weighted by atomic mass is 9.96. The van der Waals surface area contributed by atoms with Crippen LogP contribution in [0, 0.1) is 0 Å². The van der Waals surface area contributed by atoms with Crippen molar-refractivity contribution < 1.29 is 4.74 Å². The largest absolute Gasteiger partial charge is 0.368 e. The highest BCUT2D eigenvalue weighted by molar-refractivity contribution is 7.11. The molecule has 1 aliphatic carbocycles. The molecule has 108 valence electrons. The number of ether oxygens (including phenoxy) is 1. The second-order valence-electron chi connectivity index (χ2n) is 5.20. The summed E-state index contributed by atoms with van der Waals surface area (Å²) < 4.78 is 6.09. The lowest BCUT2D eigenvalue weighted by Gasteiger charge is -2.29. The summed E-state index contributed by atoms with van der Waals surface area (Å²) in [5, 5.41) is 4.58. The summed E-state index contributed by atoms with van der Waals surface area (Å²) in [5.41, 5.74) is 1.11. The van der Waals surface area contributed by atoms with E-state index in [0.717, 1.165) is 19.4 Å². The molecule has 0 amide bonds. The predicted molar refractivity (Wildman–Crippen MR) is 80.7 cm³/mol. The Kier molecular flexibility index (Phi) is 4.98. The number of thiazole rings is 1. The summed E-state index contributed by atoms with van der Waals surface area (Å²) in [6, 6.07) is 0.432. The molecule has 0 spiro atoms. The van der Waals surface area contributed by atoms with Gasteiger partial charge in [0.1, 0.15) is 10.6 Å². The monoisotopic (exact) mass is 282 g/mol. The van der Waals surface area contributed by atoms with E-state index in [4.69, 9.17) is 9.72 Å². The first-order valence-electron chi connectivity index (χ1n) is 7.52. The van der Waals surface area contributed by atoms with Gasteiger partial charge in [0.25, 0.3) is 0 Å². The summed E-state index contributed by atoms with van der Waals surface area (Å²) in [5.74, 6) is 0. The van der Waals surface area contributed by atoms with Gasteiger partial charge in [-0.15, -0.1) is 11.3 Å². The zero-order valence-corrected chi connectivity index (χ0v) is 13.4. The third kappa shape index (κ3) is 2.71. The Hall–Kier alpha value is -0.450. The van der Waals surface area contributed by atoms with E-state index < -0.39 is 0 Å². The molecule has 1 unspecified atom stereocenters. The molecule has 19 heavy (non-hydrogen) atoms. The van der Waals surface area contributed by atoms with Crippen molar-refractivity contribution in [3.8, 4) is 0 Å². The van der Waals surface area contributed by atoms with E-state index in [1.54, 1.807) is 0 Å². The Morgan fingerprint density at radius 1 is 1.37 bits per heavy atom. The molecule has 0 bridgehead atoms. The van der Waals surface area contributed by atoms with Crippen LogP contribution in [0.4, 0.5) is 0 Å². The average molecular weight is 282 g/mol. The van der Waals surface area contributed by atoms with Crippen molar-refractivity contribution in [3.05, 3.63) is 15.6 Å². The quantitative estimate of drug-likeness (QED) is 0.862. The SMILES string of the molecule is CCOC(CC)(CC)c1nc2c(s1)CCCC2NC. The molecule has 0 saturated carbocycles. The lowest BCUT2D eigenvalue weighted by molar-refractivity contribution is -0.0507. The summed E-state index contributed by atoms with van der Waals surface area (Å²) in [4.78, 5) is 6.43. The molecule has 0 aromatic carbocycles. The first-order chi connectivity index (χ1) is 9.20. The van der Waals surface area contributed by atoms with Gasteiger partial charge in [-0.1, -0.05) is 13.8 Å². The normalized spacial score (nSPS) is 19.5. The number of nitrogens with zero attached hydrogens (tertiary/aromatic N) is 1. The van der Waals surface area contributed by atoms with Crippen molar-refractivity contribution in [2.24, 2.45) is 0 Å². The fourth-order valence-electron chi connectivity index (χ4n) is 2.99. The van der Waals surface area contributed by atoms with Crippen molar-refractivity contribution in [2.45, 2.75) is 64.5 Å². The van der Waals surface area contributed by atoms with Crippen LogP contribution in [0.15, 0.2) is 0 Å². The van der Waals surface area contributed by atoms with Crippen molar-refractivity contribution in [3.63, 3.8) is 0 Å². The number of nitrogens with one attached hydrogen (secondary N) is 1. The second-order valence-corrected chi connectivity index (χ2v) is 6.28. The molecule has 3 nitrogen and oxygen atoms in total. The van der Waals surface area contributed by atoms with E-state index in [9.17, 15) is 0 Å². The number of aryl methyl sites for hydroxylation is 1. The fourth-order valence-corrected chi connectivity index (χ4v) is 4.44. The van der Waals surface area contributed by atoms with Crippen LogP contribution in [-0.2, 0) is 16.8 Å². The molecule has 1 aromatic heterocycles. The van der Waals surface area contributed by atoms with E-state index in [-0.39, 0.29) is 5.60 Å². The maximum atomic E-state index is 6.09. The lowest BCUT2D eigenvalue weighted by Crippen LogP contribution is -2.28. The van der Waals surface area contributed by atoms with Gasteiger partial charge >= 0.3 is 0 Å². The number of hydrogen-bond donors (Lipinski definition) is 1. The molecule has 1 aliphatic rings. The van der Waals surface area contributed by atoms with Crippen LogP contribution in [0.25, 0.3) is 0 Å². The summed E-state index contributed by atoms with van der Waals surface area (Å²) in [7, 11) is 2.04. The Morgan fingerprint density at radius 3 is 2.68 bits per heavy atom. The predicted octanol–water partition coefficient (Wildman–Crippen LogP) is 3.79. The third-order valence-electron chi connectivity index (χ3n) is 4.26. The number of fused-ring (bicyclic) bond motifs is 1. The van der Waals surface area contributed by atoms with Gasteiger partial charge in [-0.05, 0) is 46.1 Å². The third-order valence-corrected chi connectivity index (χ3v) is 5.57. The van der Waals surface area contributed by atoms with Crippen molar-refractivity contribution in [1.82, 2.24) is 10.3 Å². The molecular formula is C15H26N2OS. The topological polar surface area (TPSA) is 34.1 Å². The Balaban J connectivity index is 2.37. The Bertz CT molecular complexity index is 412. The molecule has 4 heteroatoms. The van der Waals surface area contributed by atoms with E-state index in [1.165, 1.54) is 34.8 Å². The molecule has 1 heterocycles. The summed E-state index contributed by atoms with van der Waals surface area (Å²) >= 11 is 1.87. The molecule has 0 saturated heterocycles. The van der Waals surface area contributed by atoms with E-state index in [0.29, 0.717) is 6.04 Å². The maximum Gasteiger partial charge on any atom is 0.125 e. The fraction of sp³-hybridized carbons (Fsp3) is 0.800. The average Bonchev–Trinajstić information content (AvgIpc) is 2.89. The van der Waals surface area contributed by atoms with Gasteiger partial charge in [0.15, 0.2) is 0 Å². The number of hydrogen-bond acceptors (Lipinski definition) is 4. The molecule has 0 fully saturated rings. The van der Waals surface area contributed by atoms with Crippen LogP contribution < -0.4 is 5.32 Å². The van der Waals surface area contributed by atoms with Crippen LogP contribution in [0.5, 0.6) is 0 Å². The highest BCUT2D eigenvalue weighted by Gasteiger charge is 2.35. The van der Waals surface area contributed by atoms with E-state index >= 15 is 0 Å². The second kappa shape index (κ2) is 6.33. The minimum Gasteiger partial charge on any atom is -0.368 e. The minimum atomic E-state index is -0.172. The molecule has 1 atom stereocenters. The smallest absolute Gasteiger partial charge is 0.125 e. The van der Waals surface area contributed by atoms with Crippen LogP contribution in [0.2, 0.25) is 0 Å². The minimum absolute atomic E-state index is 0.172. The van der Waals surface area contributed by atoms with E-state index in [1.807, 2.05) is 18.4 Å². The zero-order valence-electron chi connectivity index (χ0n) is 12.6. The Labute approximate surface area is 120 Å². The van der Waals surface area contributed by atoms with Crippen LogP contribution in [-0.4, -0.2) is 18.6 Å². The first-order valence-corrected chi connectivity index (χ1v) is 8.33. The van der Waals surface area contributed by atoms with Crippen LogP contribution >= 0.6 is 11.3 Å².